The van der Waals surface area contributed by atoms with Gasteiger partial charge in [-0.25, -0.2) is 9.97 Å². The zero-order valence-corrected chi connectivity index (χ0v) is 13.1. The summed E-state index contributed by atoms with van der Waals surface area (Å²) < 4.78 is 1.09. The molecule has 0 aliphatic heterocycles. The quantitative estimate of drug-likeness (QED) is 0.665. The smallest absolute Gasteiger partial charge is 0.116 e. The Morgan fingerprint density at radius 3 is 2.74 bits per heavy atom. The molecular weight excluding hydrogens is 322 g/mol. The summed E-state index contributed by atoms with van der Waals surface area (Å²) in [5.41, 5.74) is 7.49. The Kier molecular flexibility index (Phi) is 5.36. The van der Waals surface area contributed by atoms with Crippen LogP contribution in [0.5, 0.6) is 0 Å². The lowest BCUT2D eigenvalue weighted by atomic mass is 10.0. The van der Waals surface area contributed by atoms with Crippen LogP contribution in [0.1, 0.15) is 24.2 Å². The van der Waals surface area contributed by atoms with Gasteiger partial charge in [-0.15, -0.1) is 0 Å². The second-order valence-corrected chi connectivity index (χ2v) is 6.20. The molecule has 3 nitrogen and oxygen atoms in total. The molecule has 2 aromatic rings. The topological polar surface area (TPSA) is 51.8 Å². The molecule has 2 rings (SSSR count). The van der Waals surface area contributed by atoms with Crippen LogP contribution in [-0.2, 0) is 0 Å². The van der Waals surface area contributed by atoms with Gasteiger partial charge in [0.15, 0.2) is 0 Å². The minimum absolute atomic E-state index is 0.0821. The third-order valence-corrected chi connectivity index (χ3v) is 4.94. The highest BCUT2D eigenvalue weighted by Crippen LogP contribution is 2.39. The number of nitrogens with two attached hydrogens (primary N) is 1. The standard InChI is InChI=1S/C14H16BrN3S/c1-2-12(16)14(10-5-3-4-6-11(10)15)19-13-7-8-17-9-18-13/h3-9,12,14H,2,16H2,1H3. The molecule has 2 atom stereocenters. The van der Waals surface area contributed by atoms with Crippen molar-refractivity contribution in [2.75, 3.05) is 0 Å². The fraction of sp³-hybridized carbons (Fsp3) is 0.286. The van der Waals surface area contributed by atoms with E-state index in [-0.39, 0.29) is 11.3 Å². The second-order valence-electron chi connectivity index (χ2n) is 4.18. The maximum atomic E-state index is 6.28. The number of halogens is 1. The number of rotatable bonds is 5. The Bertz CT molecular complexity index is 521. The first-order valence-corrected chi connectivity index (χ1v) is 7.82. The van der Waals surface area contributed by atoms with Gasteiger partial charge in [0.2, 0.25) is 0 Å². The van der Waals surface area contributed by atoms with Crippen LogP contribution in [0.2, 0.25) is 0 Å². The van der Waals surface area contributed by atoms with Crippen molar-refractivity contribution in [2.45, 2.75) is 29.7 Å². The van der Waals surface area contributed by atoms with E-state index in [1.165, 1.54) is 5.56 Å². The lowest BCUT2D eigenvalue weighted by Crippen LogP contribution is -2.26. The van der Waals surface area contributed by atoms with E-state index < -0.39 is 0 Å². The van der Waals surface area contributed by atoms with Crippen molar-refractivity contribution in [1.82, 2.24) is 9.97 Å². The van der Waals surface area contributed by atoms with Crippen LogP contribution in [-0.4, -0.2) is 16.0 Å². The van der Waals surface area contributed by atoms with Crippen LogP contribution >= 0.6 is 27.7 Å². The highest BCUT2D eigenvalue weighted by molar-refractivity contribution is 9.10. The van der Waals surface area contributed by atoms with Gasteiger partial charge < -0.3 is 5.73 Å². The first kappa shape index (κ1) is 14.5. The normalized spacial score (nSPS) is 14.1. The molecule has 0 aliphatic rings. The predicted molar refractivity (Wildman–Crippen MR) is 83.0 cm³/mol. The van der Waals surface area contributed by atoms with Gasteiger partial charge in [0.05, 0.1) is 10.3 Å². The summed E-state index contributed by atoms with van der Waals surface area (Å²) >= 11 is 5.29. The molecule has 1 aromatic heterocycles. The highest BCUT2D eigenvalue weighted by atomic mass is 79.9. The van der Waals surface area contributed by atoms with E-state index in [2.05, 4.69) is 38.9 Å². The summed E-state index contributed by atoms with van der Waals surface area (Å²) in [5, 5.41) is 1.12. The van der Waals surface area contributed by atoms with Gasteiger partial charge in [-0.3, -0.25) is 0 Å². The van der Waals surface area contributed by atoms with Gasteiger partial charge in [-0.2, -0.15) is 0 Å². The van der Waals surface area contributed by atoms with Crippen molar-refractivity contribution in [2.24, 2.45) is 5.73 Å². The molecule has 5 heteroatoms. The fourth-order valence-corrected chi connectivity index (χ4v) is 3.67. The number of hydrogen-bond donors (Lipinski definition) is 1. The molecule has 0 amide bonds. The van der Waals surface area contributed by atoms with Crippen molar-refractivity contribution < 1.29 is 0 Å². The molecule has 0 saturated heterocycles. The van der Waals surface area contributed by atoms with Crippen molar-refractivity contribution in [3.05, 3.63) is 52.9 Å². The van der Waals surface area contributed by atoms with E-state index in [9.17, 15) is 0 Å². The van der Waals surface area contributed by atoms with Crippen LogP contribution < -0.4 is 5.73 Å². The van der Waals surface area contributed by atoms with Crippen LogP contribution in [0.3, 0.4) is 0 Å². The van der Waals surface area contributed by atoms with Crippen molar-refractivity contribution >= 4 is 27.7 Å². The van der Waals surface area contributed by atoms with Crippen LogP contribution in [0.15, 0.2) is 52.4 Å². The SMILES string of the molecule is CCC(N)C(Sc1ccncn1)c1ccccc1Br. The summed E-state index contributed by atoms with van der Waals surface area (Å²) in [7, 11) is 0. The third-order valence-electron chi connectivity index (χ3n) is 2.87. The van der Waals surface area contributed by atoms with E-state index in [1.54, 1.807) is 24.3 Å². The van der Waals surface area contributed by atoms with E-state index in [0.717, 1.165) is 15.9 Å². The molecule has 0 aliphatic carbocycles. The van der Waals surface area contributed by atoms with E-state index in [4.69, 9.17) is 5.73 Å². The predicted octanol–water partition coefficient (Wildman–Crippen LogP) is 3.81. The molecule has 0 saturated carbocycles. The maximum Gasteiger partial charge on any atom is 0.116 e. The molecule has 0 radical (unpaired) electrons. The molecular formula is C14H16BrN3S. The fourth-order valence-electron chi connectivity index (χ4n) is 1.78. The van der Waals surface area contributed by atoms with Crippen LogP contribution in [0, 0.1) is 0 Å². The molecule has 0 spiro atoms. The Balaban J connectivity index is 2.29. The minimum Gasteiger partial charge on any atom is -0.326 e. The van der Waals surface area contributed by atoms with E-state index >= 15 is 0 Å². The van der Waals surface area contributed by atoms with E-state index in [0.29, 0.717) is 0 Å². The van der Waals surface area contributed by atoms with Gasteiger partial charge in [-0.1, -0.05) is 52.8 Å². The number of nitrogens with zero attached hydrogens (tertiary/aromatic N) is 2. The van der Waals surface area contributed by atoms with Gasteiger partial charge in [-0.05, 0) is 24.1 Å². The molecule has 2 unspecified atom stereocenters. The highest BCUT2D eigenvalue weighted by Gasteiger charge is 2.22. The Labute approximate surface area is 126 Å². The zero-order chi connectivity index (χ0) is 13.7. The van der Waals surface area contributed by atoms with Crippen LogP contribution in [0.4, 0.5) is 0 Å². The number of aromatic nitrogens is 2. The Morgan fingerprint density at radius 1 is 1.32 bits per heavy atom. The largest absolute Gasteiger partial charge is 0.326 e. The monoisotopic (exact) mass is 337 g/mol. The first-order valence-electron chi connectivity index (χ1n) is 6.15. The molecule has 1 heterocycles. The van der Waals surface area contributed by atoms with Gasteiger partial charge >= 0.3 is 0 Å². The number of benzene rings is 1. The summed E-state index contributed by atoms with van der Waals surface area (Å²) in [5.74, 6) is 0. The maximum absolute atomic E-state index is 6.28. The summed E-state index contributed by atoms with van der Waals surface area (Å²) in [6.07, 6.45) is 4.24. The summed E-state index contributed by atoms with van der Waals surface area (Å²) in [6, 6.07) is 10.2. The average Bonchev–Trinajstić information content (AvgIpc) is 2.46. The lowest BCUT2D eigenvalue weighted by Gasteiger charge is -2.23. The Morgan fingerprint density at radius 2 is 2.11 bits per heavy atom. The Hall–Kier alpha value is -0.910. The average molecular weight is 338 g/mol. The molecule has 0 fully saturated rings. The summed E-state index contributed by atoms with van der Waals surface area (Å²) in [4.78, 5) is 8.21. The van der Waals surface area contributed by atoms with Gasteiger partial charge in [0.25, 0.3) is 0 Å². The van der Waals surface area contributed by atoms with Crippen molar-refractivity contribution in [3.63, 3.8) is 0 Å². The number of thioether (sulfide) groups is 1. The van der Waals surface area contributed by atoms with Crippen molar-refractivity contribution in [1.29, 1.82) is 0 Å². The molecule has 2 N–H and O–H groups in total. The lowest BCUT2D eigenvalue weighted by molar-refractivity contribution is 0.632. The third kappa shape index (κ3) is 3.78. The van der Waals surface area contributed by atoms with E-state index in [1.807, 2.05) is 24.3 Å². The second kappa shape index (κ2) is 7.03. The number of hydrogen-bond acceptors (Lipinski definition) is 4. The molecule has 1 aromatic carbocycles. The molecule has 19 heavy (non-hydrogen) atoms. The molecule has 100 valence electrons. The summed E-state index contributed by atoms with van der Waals surface area (Å²) in [6.45, 7) is 2.11. The van der Waals surface area contributed by atoms with Gasteiger partial charge in [0, 0.05) is 16.7 Å². The molecule has 0 bridgehead atoms. The minimum atomic E-state index is 0.0821. The van der Waals surface area contributed by atoms with Crippen molar-refractivity contribution in [3.8, 4) is 0 Å². The van der Waals surface area contributed by atoms with Crippen LogP contribution in [0.25, 0.3) is 0 Å². The first-order chi connectivity index (χ1) is 9.22. The zero-order valence-electron chi connectivity index (χ0n) is 10.7. The van der Waals surface area contributed by atoms with Gasteiger partial charge in [0.1, 0.15) is 6.33 Å².